The van der Waals surface area contributed by atoms with Gasteiger partial charge in [0.05, 0.1) is 19.4 Å². The van der Waals surface area contributed by atoms with E-state index in [1.807, 2.05) is 6.07 Å². The standard InChI is InChI=1S/C18H32N4O2/c1-5-6-7-10-18(2,3)14-22-17(19-4)21-13-16(23)20-12-15-9-8-11-24-15/h8-9,11H,5-7,10,12-14H2,1-4H3,(H,20,23)(H2,19,21,22). The molecule has 1 rings (SSSR count). The van der Waals surface area contributed by atoms with Crippen LogP contribution < -0.4 is 16.0 Å². The van der Waals surface area contributed by atoms with Crippen molar-refractivity contribution in [1.82, 2.24) is 16.0 Å². The van der Waals surface area contributed by atoms with Crippen molar-refractivity contribution in [2.75, 3.05) is 20.1 Å². The molecule has 1 aromatic rings. The van der Waals surface area contributed by atoms with Gasteiger partial charge in [0.2, 0.25) is 5.91 Å². The van der Waals surface area contributed by atoms with Crippen LogP contribution in [-0.2, 0) is 11.3 Å². The first kappa shape index (κ1) is 20.1. The topological polar surface area (TPSA) is 78.7 Å². The summed E-state index contributed by atoms with van der Waals surface area (Å²) in [5.41, 5.74) is 0.203. The average Bonchev–Trinajstić information content (AvgIpc) is 3.06. The molecule has 0 saturated heterocycles. The lowest BCUT2D eigenvalue weighted by molar-refractivity contribution is -0.120. The first-order valence-corrected chi connectivity index (χ1v) is 8.70. The largest absolute Gasteiger partial charge is 0.467 e. The van der Waals surface area contributed by atoms with E-state index < -0.39 is 0 Å². The number of carbonyl (C=O) groups is 1. The molecule has 1 aromatic heterocycles. The van der Waals surface area contributed by atoms with Gasteiger partial charge in [-0.3, -0.25) is 9.79 Å². The molecular formula is C18H32N4O2. The van der Waals surface area contributed by atoms with Crippen LogP contribution >= 0.6 is 0 Å². The third kappa shape index (κ3) is 8.60. The summed E-state index contributed by atoms with van der Waals surface area (Å²) in [5.74, 6) is 1.28. The molecule has 0 saturated carbocycles. The number of unbranched alkanes of at least 4 members (excludes halogenated alkanes) is 2. The molecule has 6 heteroatoms. The summed E-state index contributed by atoms with van der Waals surface area (Å²) in [6, 6.07) is 3.63. The number of hydrogen-bond donors (Lipinski definition) is 3. The van der Waals surface area contributed by atoms with Crippen molar-refractivity contribution in [3.63, 3.8) is 0 Å². The Morgan fingerprint density at radius 1 is 1.25 bits per heavy atom. The number of carbonyl (C=O) groups excluding carboxylic acids is 1. The van der Waals surface area contributed by atoms with Gasteiger partial charge in [-0.1, -0.05) is 40.0 Å². The molecule has 3 N–H and O–H groups in total. The minimum atomic E-state index is -0.100. The Balaban J connectivity index is 2.25. The average molecular weight is 336 g/mol. The second-order valence-corrected chi connectivity index (χ2v) is 6.76. The molecule has 0 fully saturated rings. The minimum absolute atomic E-state index is 0.100. The monoisotopic (exact) mass is 336 g/mol. The normalized spacial score (nSPS) is 12.1. The van der Waals surface area contributed by atoms with Crippen molar-refractivity contribution >= 4 is 11.9 Å². The third-order valence-electron chi connectivity index (χ3n) is 3.87. The maximum atomic E-state index is 11.8. The maximum Gasteiger partial charge on any atom is 0.239 e. The molecule has 0 aromatic carbocycles. The number of nitrogens with zero attached hydrogens (tertiary/aromatic N) is 1. The van der Waals surface area contributed by atoms with E-state index >= 15 is 0 Å². The lowest BCUT2D eigenvalue weighted by atomic mass is 9.87. The van der Waals surface area contributed by atoms with Crippen LogP contribution in [0.15, 0.2) is 27.8 Å². The van der Waals surface area contributed by atoms with E-state index in [1.54, 1.807) is 19.4 Å². The number of amides is 1. The molecule has 0 unspecified atom stereocenters. The Kier molecular flexibility index (Phi) is 8.97. The molecule has 0 atom stereocenters. The van der Waals surface area contributed by atoms with E-state index in [2.05, 4.69) is 41.7 Å². The van der Waals surface area contributed by atoms with Gasteiger partial charge in [0.15, 0.2) is 5.96 Å². The van der Waals surface area contributed by atoms with Gasteiger partial charge in [0.25, 0.3) is 0 Å². The quantitative estimate of drug-likeness (QED) is 0.349. The number of nitrogens with one attached hydrogen (secondary N) is 3. The second kappa shape index (κ2) is 10.7. The minimum Gasteiger partial charge on any atom is -0.467 e. The summed E-state index contributed by atoms with van der Waals surface area (Å²) in [6.07, 6.45) is 6.51. The lowest BCUT2D eigenvalue weighted by Gasteiger charge is -2.26. The van der Waals surface area contributed by atoms with Crippen molar-refractivity contribution in [1.29, 1.82) is 0 Å². The van der Waals surface area contributed by atoms with Gasteiger partial charge in [-0.25, -0.2) is 0 Å². The Hall–Kier alpha value is -1.98. The van der Waals surface area contributed by atoms with Crippen molar-refractivity contribution < 1.29 is 9.21 Å². The zero-order valence-electron chi connectivity index (χ0n) is 15.4. The molecule has 0 spiro atoms. The van der Waals surface area contributed by atoms with E-state index in [9.17, 15) is 4.79 Å². The first-order chi connectivity index (χ1) is 11.5. The second-order valence-electron chi connectivity index (χ2n) is 6.76. The Morgan fingerprint density at radius 2 is 2.04 bits per heavy atom. The molecule has 24 heavy (non-hydrogen) atoms. The van der Waals surface area contributed by atoms with Gasteiger partial charge in [-0.15, -0.1) is 0 Å². The molecule has 0 aliphatic rings. The van der Waals surface area contributed by atoms with Gasteiger partial charge in [0, 0.05) is 13.6 Å². The summed E-state index contributed by atoms with van der Waals surface area (Å²) >= 11 is 0. The third-order valence-corrected chi connectivity index (χ3v) is 3.87. The molecule has 6 nitrogen and oxygen atoms in total. The molecular weight excluding hydrogens is 304 g/mol. The number of hydrogen-bond acceptors (Lipinski definition) is 3. The SMILES string of the molecule is CCCCCC(C)(C)CNC(=NC)NCC(=O)NCc1ccco1. The predicted octanol–water partition coefficient (Wildman–Crippen LogP) is 2.67. The van der Waals surface area contributed by atoms with Crippen LogP contribution in [0.1, 0.15) is 52.2 Å². The van der Waals surface area contributed by atoms with Crippen molar-refractivity contribution in [3.8, 4) is 0 Å². The van der Waals surface area contributed by atoms with Crippen LogP contribution in [0.3, 0.4) is 0 Å². The Labute approximate surface area is 145 Å². The van der Waals surface area contributed by atoms with E-state index in [4.69, 9.17) is 4.42 Å². The predicted molar refractivity (Wildman–Crippen MR) is 97.8 cm³/mol. The zero-order chi connectivity index (χ0) is 17.8. The Morgan fingerprint density at radius 3 is 2.67 bits per heavy atom. The summed E-state index contributed by atoms with van der Waals surface area (Å²) in [6.45, 7) is 8.11. The molecule has 0 bridgehead atoms. The molecule has 0 aliphatic heterocycles. The van der Waals surface area contributed by atoms with Gasteiger partial charge in [-0.2, -0.15) is 0 Å². The molecule has 0 radical (unpaired) electrons. The fourth-order valence-corrected chi connectivity index (χ4v) is 2.31. The molecule has 136 valence electrons. The fraction of sp³-hybridized carbons (Fsp3) is 0.667. The van der Waals surface area contributed by atoms with E-state index in [0.717, 1.165) is 12.3 Å². The number of guanidine groups is 1. The van der Waals surface area contributed by atoms with Crippen LogP contribution in [0.4, 0.5) is 0 Å². The van der Waals surface area contributed by atoms with Gasteiger partial charge < -0.3 is 20.4 Å². The number of aliphatic imine (C=N–C) groups is 1. The Bertz CT molecular complexity index is 495. The lowest BCUT2D eigenvalue weighted by Crippen LogP contribution is -2.45. The molecule has 1 heterocycles. The van der Waals surface area contributed by atoms with E-state index in [1.165, 1.54) is 25.7 Å². The zero-order valence-corrected chi connectivity index (χ0v) is 15.4. The first-order valence-electron chi connectivity index (χ1n) is 8.70. The van der Waals surface area contributed by atoms with Crippen LogP contribution in [0.5, 0.6) is 0 Å². The smallest absolute Gasteiger partial charge is 0.239 e. The van der Waals surface area contributed by atoms with Crippen LogP contribution in [0.25, 0.3) is 0 Å². The van der Waals surface area contributed by atoms with Crippen LogP contribution in [0.2, 0.25) is 0 Å². The highest BCUT2D eigenvalue weighted by molar-refractivity contribution is 5.86. The maximum absolute atomic E-state index is 11.8. The molecule has 1 amide bonds. The summed E-state index contributed by atoms with van der Waals surface area (Å²) in [4.78, 5) is 16.0. The van der Waals surface area contributed by atoms with Crippen LogP contribution in [0, 0.1) is 5.41 Å². The van der Waals surface area contributed by atoms with E-state index in [-0.39, 0.29) is 17.9 Å². The highest BCUT2D eigenvalue weighted by atomic mass is 16.3. The summed E-state index contributed by atoms with van der Waals surface area (Å²) in [5, 5.41) is 9.13. The van der Waals surface area contributed by atoms with Crippen molar-refractivity contribution in [3.05, 3.63) is 24.2 Å². The number of furan rings is 1. The van der Waals surface area contributed by atoms with Crippen molar-refractivity contribution in [2.45, 2.75) is 53.0 Å². The van der Waals surface area contributed by atoms with E-state index in [0.29, 0.717) is 12.5 Å². The number of rotatable bonds is 10. The van der Waals surface area contributed by atoms with Gasteiger partial charge in [0.1, 0.15) is 5.76 Å². The summed E-state index contributed by atoms with van der Waals surface area (Å²) in [7, 11) is 1.71. The highest BCUT2D eigenvalue weighted by Gasteiger charge is 2.17. The van der Waals surface area contributed by atoms with Crippen molar-refractivity contribution in [2.24, 2.45) is 10.4 Å². The summed E-state index contributed by atoms with van der Waals surface area (Å²) < 4.78 is 5.18. The van der Waals surface area contributed by atoms with Gasteiger partial charge in [-0.05, 0) is 24.0 Å². The highest BCUT2D eigenvalue weighted by Crippen LogP contribution is 2.22. The van der Waals surface area contributed by atoms with Crippen LogP contribution in [-0.4, -0.2) is 32.0 Å². The molecule has 0 aliphatic carbocycles. The van der Waals surface area contributed by atoms with Gasteiger partial charge >= 0.3 is 0 Å². The fourth-order valence-electron chi connectivity index (χ4n) is 2.31.